The Kier molecular flexibility index (Phi) is 5.06. The molecule has 0 atom stereocenters. The maximum Gasteiger partial charge on any atom is 0.270 e. The van der Waals surface area contributed by atoms with Crippen LogP contribution in [0.3, 0.4) is 0 Å². The molecule has 4 nitrogen and oxygen atoms in total. The van der Waals surface area contributed by atoms with Crippen molar-refractivity contribution in [2.75, 3.05) is 19.1 Å². The lowest BCUT2D eigenvalue weighted by atomic mass is 10.2. The Bertz CT molecular complexity index is 882. The molecule has 0 saturated carbocycles. The zero-order valence-electron chi connectivity index (χ0n) is 13.5. The minimum absolute atomic E-state index is 0.282. The van der Waals surface area contributed by atoms with Crippen LogP contribution in [0.1, 0.15) is 5.56 Å². The van der Waals surface area contributed by atoms with Gasteiger partial charge in [0, 0.05) is 0 Å². The maximum atomic E-state index is 13.4. The van der Waals surface area contributed by atoms with Gasteiger partial charge in [-0.25, -0.2) is 4.39 Å². The van der Waals surface area contributed by atoms with Crippen LogP contribution in [-0.4, -0.2) is 24.4 Å². The Labute approximate surface area is 154 Å². The lowest BCUT2D eigenvalue weighted by Crippen LogP contribution is -2.27. The molecule has 25 heavy (non-hydrogen) atoms. The molecule has 128 valence electrons. The Morgan fingerprint density at radius 2 is 1.88 bits per heavy atom. The van der Waals surface area contributed by atoms with Gasteiger partial charge >= 0.3 is 0 Å². The highest BCUT2D eigenvalue weighted by molar-refractivity contribution is 8.27. The highest BCUT2D eigenvalue weighted by Crippen LogP contribution is 2.37. The number of amides is 1. The van der Waals surface area contributed by atoms with E-state index in [9.17, 15) is 9.18 Å². The van der Waals surface area contributed by atoms with Crippen LogP contribution < -0.4 is 14.4 Å². The lowest BCUT2D eigenvalue weighted by molar-refractivity contribution is -0.113. The van der Waals surface area contributed by atoms with E-state index in [0.717, 1.165) is 5.56 Å². The number of rotatable bonds is 4. The second kappa shape index (κ2) is 7.25. The molecule has 1 heterocycles. The van der Waals surface area contributed by atoms with Crippen LogP contribution in [0.2, 0.25) is 0 Å². The van der Waals surface area contributed by atoms with Crippen molar-refractivity contribution in [3.8, 4) is 11.5 Å². The topological polar surface area (TPSA) is 38.8 Å². The summed E-state index contributed by atoms with van der Waals surface area (Å²) < 4.78 is 24.3. The standard InChI is InChI=1S/C18H14FNO3S2/c1-22-14-7-6-11(8-15(14)23-2)9-16-17(21)20(18(24)25-16)13-5-3-4-12(19)10-13/h3-10H,1-2H3/b16-9+. The van der Waals surface area contributed by atoms with Crippen LogP contribution >= 0.6 is 24.0 Å². The zero-order chi connectivity index (χ0) is 18.0. The van der Waals surface area contributed by atoms with Gasteiger partial charge in [0.25, 0.3) is 5.91 Å². The Morgan fingerprint density at radius 1 is 1.12 bits per heavy atom. The fourth-order valence-corrected chi connectivity index (χ4v) is 3.70. The normalized spacial score (nSPS) is 15.8. The van der Waals surface area contributed by atoms with E-state index in [1.165, 1.54) is 28.8 Å². The van der Waals surface area contributed by atoms with Crippen molar-refractivity contribution in [2.45, 2.75) is 0 Å². The van der Waals surface area contributed by atoms with E-state index in [4.69, 9.17) is 21.7 Å². The summed E-state index contributed by atoms with van der Waals surface area (Å²) in [4.78, 5) is 14.5. The van der Waals surface area contributed by atoms with Gasteiger partial charge in [-0.2, -0.15) is 0 Å². The van der Waals surface area contributed by atoms with Gasteiger partial charge in [-0.15, -0.1) is 0 Å². The van der Waals surface area contributed by atoms with Gasteiger partial charge in [0.1, 0.15) is 5.82 Å². The summed E-state index contributed by atoms with van der Waals surface area (Å²) in [6.07, 6.45) is 1.72. The first-order valence-electron chi connectivity index (χ1n) is 7.29. The molecule has 1 amide bonds. The molecule has 7 heteroatoms. The molecule has 1 aliphatic rings. The molecule has 0 aromatic heterocycles. The van der Waals surface area contributed by atoms with Crippen LogP contribution in [0.5, 0.6) is 11.5 Å². The van der Waals surface area contributed by atoms with Crippen LogP contribution in [0, 0.1) is 5.82 Å². The number of anilines is 1. The van der Waals surface area contributed by atoms with E-state index in [1.807, 2.05) is 6.07 Å². The second-order valence-electron chi connectivity index (χ2n) is 5.11. The summed E-state index contributed by atoms with van der Waals surface area (Å²) in [7, 11) is 3.10. The molecular formula is C18H14FNO3S2. The van der Waals surface area contributed by atoms with E-state index in [-0.39, 0.29) is 5.91 Å². The van der Waals surface area contributed by atoms with Crippen molar-refractivity contribution >= 4 is 46.0 Å². The quantitative estimate of drug-likeness (QED) is 0.590. The van der Waals surface area contributed by atoms with Crippen LogP contribution in [0.4, 0.5) is 10.1 Å². The minimum Gasteiger partial charge on any atom is -0.493 e. The fourth-order valence-electron chi connectivity index (χ4n) is 2.40. The Balaban J connectivity index is 1.93. The summed E-state index contributed by atoms with van der Waals surface area (Å²) in [5.74, 6) is 0.467. The number of ether oxygens (including phenoxy) is 2. The van der Waals surface area contributed by atoms with Crippen molar-refractivity contribution in [1.82, 2.24) is 0 Å². The van der Waals surface area contributed by atoms with Crippen LogP contribution in [0.25, 0.3) is 6.08 Å². The molecule has 0 N–H and O–H groups in total. The predicted molar refractivity (Wildman–Crippen MR) is 102 cm³/mol. The van der Waals surface area contributed by atoms with E-state index < -0.39 is 5.82 Å². The van der Waals surface area contributed by atoms with Crippen molar-refractivity contribution in [1.29, 1.82) is 0 Å². The number of thioether (sulfide) groups is 1. The third-order valence-electron chi connectivity index (χ3n) is 3.57. The minimum atomic E-state index is -0.421. The molecule has 2 aromatic carbocycles. The van der Waals surface area contributed by atoms with E-state index in [1.54, 1.807) is 44.6 Å². The number of hydrogen-bond acceptors (Lipinski definition) is 5. The molecule has 0 aliphatic carbocycles. The number of hydrogen-bond donors (Lipinski definition) is 0. The fraction of sp³-hybridized carbons (Fsp3) is 0.111. The third kappa shape index (κ3) is 3.52. The van der Waals surface area contributed by atoms with Crippen LogP contribution in [0.15, 0.2) is 47.4 Å². The molecule has 1 aliphatic heterocycles. The van der Waals surface area contributed by atoms with Gasteiger partial charge in [-0.1, -0.05) is 36.1 Å². The number of halogens is 1. The van der Waals surface area contributed by atoms with Gasteiger partial charge < -0.3 is 9.47 Å². The summed E-state index contributed by atoms with van der Waals surface area (Å²) in [5.41, 5.74) is 1.19. The maximum absolute atomic E-state index is 13.4. The molecule has 0 bridgehead atoms. The number of benzene rings is 2. The summed E-state index contributed by atoms with van der Waals surface area (Å²) in [5, 5.41) is 0. The van der Waals surface area contributed by atoms with Crippen molar-refractivity contribution < 1.29 is 18.7 Å². The molecule has 0 radical (unpaired) electrons. The largest absolute Gasteiger partial charge is 0.493 e. The number of carbonyl (C=O) groups excluding carboxylic acids is 1. The molecule has 1 saturated heterocycles. The average molecular weight is 375 g/mol. The lowest BCUT2D eigenvalue weighted by Gasteiger charge is -2.14. The first kappa shape index (κ1) is 17.4. The summed E-state index contributed by atoms with van der Waals surface area (Å²) >= 11 is 6.46. The van der Waals surface area contributed by atoms with Gasteiger partial charge in [-0.3, -0.25) is 9.69 Å². The summed E-state index contributed by atoms with van der Waals surface area (Å²) in [6.45, 7) is 0. The highest BCUT2D eigenvalue weighted by Gasteiger charge is 2.33. The second-order valence-corrected chi connectivity index (χ2v) is 6.79. The Hall–Kier alpha value is -2.38. The van der Waals surface area contributed by atoms with Crippen molar-refractivity contribution in [3.63, 3.8) is 0 Å². The first-order valence-corrected chi connectivity index (χ1v) is 8.51. The molecule has 0 unspecified atom stereocenters. The molecule has 0 spiro atoms. The highest BCUT2D eigenvalue weighted by atomic mass is 32.2. The van der Waals surface area contributed by atoms with E-state index in [2.05, 4.69) is 0 Å². The van der Waals surface area contributed by atoms with Gasteiger partial charge in [0.2, 0.25) is 0 Å². The smallest absolute Gasteiger partial charge is 0.270 e. The third-order valence-corrected chi connectivity index (χ3v) is 4.87. The Morgan fingerprint density at radius 3 is 2.56 bits per heavy atom. The van der Waals surface area contributed by atoms with E-state index >= 15 is 0 Å². The van der Waals surface area contributed by atoms with Gasteiger partial charge in [0.15, 0.2) is 15.8 Å². The van der Waals surface area contributed by atoms with Crippen LogP contribution in [-0.2, 0) is 4.79 Å². The summed E-state index contributed by atoms with van der Waals surface area (Å²) in [6, 6.07) is 11.1. The molecule has 3 rings (SSSR count). The van der Waals surface area contributed by atoms with Crippen molar-refractivity contribution in [3.05, 3.63) is 58.8 Å². The number of methoxy groups -OCH3 is 2. The van der Waals surface area contributed by atoms with Crippen molar-refractivity contribution in [2.24, 2.45) is 0 Å². The monoisotopic (exact) mass is 375 g/mol. The number of nitrogens with zero attached hydrogens (tertiary/aromatic N) is 1. The first-order chi connectivity index (χ1) is 12.0. The average Bonchev–Trinajstić information content (AvgIpc) is 2.88. The number of thiocarbonyl (C=S) groups is 1. The van der Waals surface area contributed by atoms with E-state index in [0.29, 0.717) is 26.4 Å². The van der Waals surface area contributed by atoms with Gasteiger partial charge in [-0.05, 0) is 42.0 Å². The number of carbonyl (C=O) groups is 1. The SMILES string of the molecule is COc1ccc(/C=C2/SC(=S)N(c3cccc(F)c3)C2=O)cc1OC. The molecular weight excluding hydrogens is 361 g/mol. The molecule has 2 aromatic rings. The zero-order valence-corrected chi connectivity index (χ0v) is 15.1. The van der Waals surface area contributed by atoms with Gasteiger partial charge in [0.05, 0.1) is 24.8 Å². The predicted octanol–water partition coefficient (Wildman–Crippen LogP) is 4.25. The molecule has 1 fully saturated rings.